The van der Waals surface area contributed by atoms with Gasteiger partial charge in [-0.1, -0.05) is 0 Å². The molecular weight excluding hydrogens is 195 g/mol. The summed E-state index contributed by atoms with van der Waals surface area (Å²) in [7, 11) is 0. The van der Waals surface area contributed by atoms with Gasteiger partial charge in [0.15, 0.2) is 0 Å². The number of aliphatic carboxylic acids is 2. The molecule has 0 heterocycles. The molecule has 0 aliphatic carbocycles. The number of hydrogen-bond acceptors (Lipinski definition) is 2. The first-order chi connectivity index (χ1) is 4.91. The normalized spacial score (nSPS) is 10.8. The first-order valence-corrected chi connectivity index (χ1v) is 3.53. The molecule has 11 heavy (non-hydrogen) atoms. The van der Waals surface area contributed by atoms with Gasteiger partial charge in [-0.15, -0.1) is 23.2 Å². The summed E-state index contributed by atoms with van der Waals surface area (Å²) < 4.78 is 0. The predicted molar refractivity (Wildman–Crippen MR) is 41.3 cm³/mol. The van der Waals surface area contributed by atoms with Crippen molar-refractivity contribution < 1.29 is 19.8 Å². The lowest BCUT2D eigenvalue weighted by Crippen LogP contribution is -2.06. The summed E-state index contributed by atoms with van der Waals surface area (Å²) in [5.41, 5.74) is 0. The van der Waals surface area contributed by atoms with Crippen molar-refractivity contribution in [2.45, 2.75) is 12.3 Å². The van der Waals surface area contributed by atoms with Crippen LogP contribution in [0, 0.1) is 0 Å². The van der Waals surface area contributed by atoms with Crippen molar-refractivity contribution in [2.75, 3.05) is 5.88 Å². The lowest BCUT2D eigenvalue weighted by molar-refractivity contribution is -0.136. The predicted octanol–water partition coefficient (Wildman–Crippen LogP) is 1.01. The molecule has 0 aromatic rings. The maximum Gasteiger partial charge on any atom is 0.321 e. The van der Waals surface area contributed by atoms with E-state index in [2.05, 4.69) is 0 Å². The fraction of sp³-hybridized carbons (Fsp3) is 0.600. The van der Waals surface area contributed by atoms with Crippen LogP contribution >= 0.6 is 23.2 Å². The molecule has 0 spiro atoms. The summed E-state index contributed by atoms with van der Waals surface area (Å²) in [4.78, 5) is 18.8. The van der Waals surface area contributed by atoms with Crippen molar-refractivity contribution in [3.8, 4) is 0 Å². The van der Waals surface area contributed by atoms with Crippen LogP contribution in [0.4, 0.5) is 0 Å². The van der Waals surface area contributed by atoms with Crippen molar-refractivity contribution >= 4 is 35.1 Å². The minimum atomic E-state index is -0.980. The second-order valence-electron chi connectivity index (χ2n) is 1.48. The molecule has 0 amide bonds. The summed E-state index contributed by atoms with van der Waals surface area (Å²) in [6, 6.07) is 0. The van der Waals surface area contributed by atoms with E-state index in [1.54, 1.807) is 0 Å². The summed E-state index contributed by atoms with van der Waals surface area (Å²) >= 11 is 9.75. The molecule has 0 saturated carbocycles. The molecule has 0 saturated heterocycles. The molecule has 1 unspecified atom stereocenters. The molecule has 0 aromatic carbocycles. The molecule has 0 bridgehead atoms. The van der Waals surface area contributed by atoms with E-state index < -0.39 is 17.3 Å². The minimum Gasteiger partial charge on any atom is -0.480 e. The van der Waals surface area contributed by atoms with E-state index in [9.17, 15) is 9.59 Å². The molecule has 66 valence electrons. The lowest BCUT2D eigenvalue weighted by Gasteiger charge is -1.86. The first-order valence-electron chi connectivity index (χ1n) is 2.56. The number of halogens is 2. The van der Waals surface area contributed by atoms with Gasteiger partial charge in [0.2, 0.25) is 0 Å². The van der Waals surface area contributed by atoms with Crippen molar-refractivity contribution in [1.29, 1.82) is 0 Å². The van der Waals surface area contributed by atoms with Crippen molar-refractivity contribution in [2.24, 2.45) is 0 Å². The molecule has 1 atom stereocenters. The highest BCUT2D eigenvalue weighted by Gasteiger charge is 2.02. The largest absolute Gasteiger partial charge is 0.480 e. The van der Waals surface area contributed by atoms with Gasteiger partial charge in [0.25, 0.3) is 0 Å². The van der Waals surface area contributed by atoms with Gasteiger partial charge in [-0.25, -0.2) is 0 Å². The van der Waals surface area contributed by atoms with Crippen LogP contribution in [0.3, 0.4) is 0 Å². The Morgan fingerprint density at radius 1 is 1.45 bits per heavy atom. The van der Waals surface area contributed by atoms with Crippen LogP contribution in [0.2, 0.25) is 0 Å². The minimum absolute atomic E-state index is 0.306. The van der Waals surface area contributed by atoms with E-state index in [4.69, 9.17) is 33.4 Å². The van der Waals surface area contributed by atoms with Gasteiger partial charge in [-0.05, 0) is 6.92 Å². The second kappa shape index (κ2) is 7.63. The Kier molecular flexibility index (Phi) is 9.10. The van der Waals surface area contributed by atoms with Crippen molar-refractivity contribution in [3.63, 3.8) is 0 Å². The van der Waals surface area contributed by atoms with Gasteiger partial charge in [0.05, 0.1) is 0 Å². The van der Waals surface area contributed by atoms with Crippen LogP contribution in [0.1, 0.15) is 6.92 Å². The molecule has 0 radical (unpaired) electrons. The third kappa shape index (κ3) is 17.7. The van der Waals surface area contributed by atoms with E-state index in [0.717, 1.165) is 0 Å². The Morgan fingerprint density at radius 2 is 1.64 bits per heavy atom. The standard InChI is InChI=1S/C3H5ClO2.C2H3ClO2/c1-2(4)3(5)6;3-1-2(4)5/h2H,1H3,(H,5,6);1H2,(H,4,5). The zero-order valence-electron chi connectivity index (χ0n) is 5.75. The van der Waals surface area contributed by atoms with Crippen LogP contribution in [0.5, 0.6) is 0 Å². The van der Waals surface area contributed by atoms with Gasteiger partial charge in [-0.3, -0.25) is 9.59 Å². The van der Waals surface area contributed by atoms with Crippen LogP contribution in [0.15, 0.2) is 0 Å². The third-order valence-corrected chi connectivity index (χ3v) is 0.870. The van der Waals surface area contributed by atoms with E-state index in [1.807, 2.05) is 0 Å². The number of carboxylic acid groups (broad SMARTS) is 2. The third-order valence-electron chi connectivity index (χ3n) is 0.455. The molecule has 0 aliphatic heterocycles. The van der Waals surface area contributed by atoms with Gasteiger partial charge in [-0.2, -0.15) is 0 Å². The van der Waals surface area contributed by atoms with Crippen LogP contribution in [-0.4, -0.2) is 33.4 Å². The zero-order chi connectivity index (χ0) is 9.44. The highest BCUT2D eigenvalue weighted by molar-refractivity contribution is 6.29. The number of hydrogen-bond donors (Lipinski definition) is 2. The molecule has 0 aliphatic rings. The zero-order valence-corrected chi connectivity index (χ0v) is 7.26. The summed E-state index contributed by atoms with van der Waals surface area (Å²) in [5.74, 6) is -2.26. The SMILES string of the molecule is CC(Cl)C(=O)O.O=C(O)CCl. The lowest BCUT2D eigenvalue weighted by atomic mass is 10.5. The number of alkyl halides is 2. The first kappa shape index (κ1) is 13.1. The quantitative estimate of drug-likeness (QED) is 0.656. The fourth-order valence-electron chi connectivity index (χ4n) is 0. The molecule has 2 N–H and O–H groups in total. The maximum absolute atomic E-state index is 9.57. The molecule has 0 fully saturated rings. The van der Waals surface area contributed by atoms with Crippen LogP contribution in [-0.2, 0) is 9.59 Å². The van der Waals surface area contributed by atoms with Gasteiger partial charge in [0.1, 0.15) is 11.3 Å². The Labute approximate surface area is 73.7 Å². The highest BCUT2D eigenvalue weighted by atomic mass is 35.5. The Balaban J connectivity index is 0. The maximum atomic E-state index is 9.57. The molecule has 0 rings (SSSR count). The summed E-state index contributed by atoms with van der Waals surface area (Å²) in [6.45, 7) is 1.41. The highest BCUT2D eigenvalue weighted by Crippen LogP contribution is 1.89. The topological polar surface area (TPSA) is 74.6 Å². The fourth-order valence-corrected chi connectivity index (χ4v) is 0. The van der Waals surface area contributed by atoms with Crippen molar-refractivity contribution in [1.82, 2.24) is 0 Å². The smallest absolute Gasteiger partial charge is 0.321 e. The molecule has 6 heteroatoms. The van der Waals surface area contributed by atoms with E-state index in [0.29, 0.717) is 0 Å². The van der Waals surface area contributed by atoms with E-state index in [1.165, 1.54) is 6.92 Å². The van der Waals surface area contributed by atoms with Crippen molar-refractivity contribution in [3.05, 3.63) is 0 Å². The number of carbonyl (C=O) groups is 2. The Hall–Kier alpha value is -0.480. The average Bonchev–Trinajstić information content (AvgIpc) is 1.89. The molecule has 4 nitrogen and oxygen atoms in total. The van der Waals surface area contributed by atoms with Crippen LogP contribution < -0.4 is 0 Å². The van der Waals surface area contributed by atoms with Crippen LogP contribution in [0.25, 0.3) is 0 Å². The molecule has 0 aromatic heterocycles. The second-order valence-corrected chi connectivity index (χ2v) is 2.40. The monoisotopic (exact) mass is 202 g/mol. The Bertz CT molecular complexity index is 134. The van der Waals surface area contributed by atoms with E-state index >= 15 is 0 Å². The van der Waals surface area contributed by atoms with E-state index in [-0.39, 0.29) is 5.88 Å². The van der Waals surface area contributed by atoms with Gasteiger partial charge < -0.3 is 10.2 Å². The molecular formula is C5H8Cl2O4. The number of carboxylic acids is 2. The Morgan fingerprint density at radius 3 is 1.64 bits per heavy atom. The average molecular weight is 203 g/mol. The summed E-state index contributed by atoms with van der Waals surface area (Å²) in [6.07, 6.45) is 0. The number of rotatable bonds is 2. The summed E-state index contributed by atoms with van der Waals surface area (Å²) in [5, 5.41) is 14.7. The van der Waals surface area contributed by atoms with Gasteiger partial charge >= 0.3 is 11.9 Å². The van der Waals surface area contributed by atoms with Gasteiger partial charge in [0, 0.05) is 0 Å².